The van der Waals surface area contributed by atoms with Gasteiger partial charge in [0.2, 0.25) is 5.91 Å². The summed E-state index contributed by atoms with van der Waals surface area (Å²) >= 11 is 0. The van der Waals surface area contributed by atoms with Crippen LogP contribution in [0.5, 0.6) is 0 Å². The Morgan fingerprint density at radius 3 is 2.25 bits per heavy atom. The van der Waals surface area contributed by atoms with E-state index in [0.29, 0.717) is 6.42 Å². The molecule has 0 radical (unpaired) electrons. The van der Waals surface area contributed by atoms with Gasteiger partial charge in [-0.15, -0.1) is 0 Å². The Morgan fingerprint density at radius 2 is 1.61 bits per heavy atom. The van der Waals surface area contributed by atoms with Crippen LogP contribution in [0.4, 0.5) is 11.4 Å². The first-order valence-electron chi connectivity index (χ1n) is 12.8. The number of amides is 1. The van der Waals surface area contributed by atoms with Crippen LogP contribution < -0.4 is 5.32 Å². The van der Waals surface area contributed by atoms with Crippen molar-refractivity contribution in [1.29, 1.82) is 0 Å². The number of carbonyl (C=O) groups is 1. The summed E-state index contributed by atoms with van der Waals surface area (Å²) in [6.07, 6.45) is 1.75. The van der Waals surface area contributed by atoms with Crippen molar-refractivity contribution in [2.75, 3.05) is 49.5 Å². The molecule has 0 saturated carbocycles. The van der Waals surface area contributed by atoms with Crippen LogP contribution in [0.15, 0.2) is 89.3 Å². The molecular weight excluding hydrogens is 484 g/mol. The summed E-state index contributed by atoms with van der Waals surface area (Å²) in [6, 6.07) is 29.8. The van der Waals surface area contributed by atoms with Crippen molar-refractivity contribution < 1.29 is 4.79 Å². The molecule has 1 amide bonds. The highest BCUT2D eigenvalue weighted by Gasteiger charge is 2.26. The van der Waals surface area contributed by atoms with Gasteiger partial charge in [0, 0.05) is 56.3 Å². The molecule has 3 aromatic carbocycles. The monoisotopic (exact) mass is 518 g/mol. The molecule has 2 aliphatic heterocycles. The maximum Gasteiger partial charge on any atom is 0.225 e. The molecule has 1 unspecified atom stereocenters. The van der Waals surface area contributed by atoms with E-state index in [9.17, 15) is 4.79 Å². The third-order valence-corrected chi connectivity index (χ3v) is 10.5. The highest BCUT2D eigenvalue weighted by Crippen LogP contribution is 2.30. The molecule has 3 aromatic rings. The molecule has 1 N–H and O–H groups in total. The summed E-state index contributed by atoms with van der Waals surface area (Å²) in [6.45, 7) is 4.69. The number of nitrogens with one attached hydrogen (secondary N) is 1. The molecule has 188 valence electrons. The van der Waals surface area contributed by atoms with Gasteiger partial charge >= 0.3 is 0 Å². The number of benzene rings is 3. The summed E-state index contributed by atoms with van der Waals surface area (Å²) in [7, 11) is 2.03. The maximum absolute atomic E-state index is 12.7. The molecule has 36 heavy (non-hydrogen) atoms. The van der Waals surface area contributed by atoms with Crippen LogP contribution >= 0.6 is 10.8 Å². The number of hydrogen-bond donors (Lipinski definition) is 1. The largest absolute Gasteiger partial charge is 0.326 e. The SMILES string of the molecule is O=C(CCN1CCN(C(c2ccccc2)c2ccccc2)CC1)Nc1cccc(N=S2CCCS2)c1. The summed E-state index contributed by atoms with van der Waals surface area (Å²) < 4.78 is 4.84. The first-order chi connectivity index (χ1) is 17.7. The van der Waals surface area contributed by atoms with Gasteiger partial charge in [-0.25, -0.2) is 4.36 Å². The molecule has 2 fully saturated rings. The fourth-order valence-corrected chi connectivity index (χ4v) is 8.53. The molecular formula is C29H34N4OS2. The summed E-state index contributed by atoms with van der Waals surface area (Å²) in [4.78, 5) is 17.7. The minimum absolute atomic E-state index is 0.0683. The van der Waals surface area contributed by atoms with Crippen molar-refractivity contribution in [1.82, 2.24) is 9.80 Å². The minimum atomic E-state index is 0.0683. The van der Waals surface area contributed by atoms with Crippen molar-refractivity contribution in [2.45, 2.75) is 18.9 Å². The second-order valence-electron chi connectivity index (χ2n) is 9.24. The number of carbonyl (C=O) groups excluding carboxylic acids is 1. The number of hydrogen-bond acceptors (Lipinski definition) is 5. The molecule has 1 atom stereocenters. The normalized spacial score (nSPS) is 19.1. The molecule has 0 spiro atoms. The molecule has 0 bridgehead atoms. The minimum Gasteiger partial charge on any atom is -0.326 e. The van der Waals surface area contributed by atoms with Gasteiger partial charge < -0.3 is 10.2 Å². The average Bonchev–Trinajstić information content (AvgIpc) is 3.43. The Labute approximate surface area is 220 Å². The topological polar surface area (TPSA) is 47.9 Å². The fraction of sp³-hybridized carbons (Fsp3) is 0.345. The van der Waals surface area contributed by atoms with Crippen molar-refractivity contribution in [3.63, 3.8) is 0 Å². The second-order valence-corrected chi connectivity index (χ2v) is 13.0. The first kappa shape index (κ1) is 25.2. The van der Waals surface area contributed by atoms with Gasteiger partial charge in [0.05, 0.1) is 11.7 Å². The molecule has 5 rings (SSSR count). The van der Waals surface area contributed by atoms with Crippen molar-refractivity contribution in [3.8, 4) is 0 Å². The van der Waals surface area contributed by atoms with E-state index >= 15 is 0 Å². The van der Waals surface area contributed by atoms with Crippen molar-refractivity contribution >= 4 is 37.8 Å². The van der Waals surface area contributed by atoms with Gasteiger partial charge in [0.1, 0.15) is 0 Å². The Kier molecular flexibility index (Phi) is 8.88. The molecule has 2 heterocycles. The smallest absolute Gasteiger partial charge is 0.225 e. The summed E-state index contributed by atoms with van der Waals surface area (Å²) in [5, 5.41) is 3.08. The zero-order valence-corrected chi connectivity index (χ0v) is 22.2. The first-order valence-corrected chi connectivity index (χ1v) is 15.6. The molecule has 0 aromatic heterocycles. The van der Waals surface area contributed by atoms with Gasteiger partial charge in [-0.05, 0) is 45.5 Å². The zero-order valence-electron chi connectivity index (χ0n) is 20.6. The Hall–Kier alpha value is -2.45. The van der Waals surface area contributed by atoms with Crippen molar-refractivity contribution in [3.05, 3.63) is 96.1 Å². The van der Waals surface area contributed by atoms with E-state index < -0.39 is 0 Å². The van der Waals surface area contributed by atoms with Crippen LogP contribution in [0.25, 0.3) is 0 Å². The lowest BCUT2D eigenvalue weighted by Gasteiger charge is -2.39. The van der Waals surface area contributed by atoms with Crippen LogP contribution in [0.2, 0.25) is 0 Å². The lowest BCUT2D eigenvalue weighted by Crippen LogP contribution is -2.48. The van der Waals surface area contributed by atoms with Crippen LogP contribution in [0, 0.1) is 0 Å². The third kappa shape index (κ3) is 6.85. The fourth-order valence-electron chi connectivity index (χ4n) is 4.84. The lowest BCUT2D eigenvalue weighted by molar-refractivity contribution is -0.116. The number of nitrogens with zero attached hydrogens (tertiary/aromatic N) is 3. The zero-order chi connectivity index (χ0) is 24.6. The van der Waals surface area contributed by atoms with E-state index in [-0.39, 0.29) is 21.7 Å². The molecule has 2 saturated heterocycles. The van der Waals surface area contributed by atoms with Crippen LogP contribution in [0.3, 0.4) is 0 Å². The lowest BCUT2D eigenvalue weighted by atomic mass is 9.96. The Balaban J connectivity index is 1.13. The molecule has 0 aliphatic carbocycles. The van der Waals surface area contributed by atoms with Gasteiger partial charge in [0.15, 0.2) is 0 Å². The number of piperazine rings is 1. The standard InChI is InChI=1S/C29H34N4OS2/c34-28(30-26-13-7-14-27(23-26)31-36-22-8-21-35-36)15-16-32-17-19-33(20-18-32)29(24-9-3-1-4-10-24)25-11-5-2-6-12-25/h1-7,9-14,23,29H,8,15-22H2,(H,30,34). The predicted octanol–water partition coefficient (Wildman–Crippen LogP) is 5.91. The Morgan fingerprint density at radius 1 is 0.917 bits per heavy atom. The van der Waals surface area contributed by atoms with E-state index in [1.165, 1.54) is 29.1 Å². The molecule has 5 nitrogen and oxygen atoms in total. The maximum atomic E-state index is 12.7. The third-order valence-electron chi connectivity index (χ3n) is 6.68. The van der Waals surface area contributed by atoms with Gasteiger partial charge in [0.25, 0.3) is 0 Å². The van der Waals surface area contributed by atoms with E-state index in [1.807, 2.05) is 35.1 Å². The van der Waals surface area contributed by atoms with Crippen LogP contribution in [-0.2, 0) is 14.5 Å². The van der Waals surface area contributed by atoms with E-state index in [2.05, 4.69) is 75.8 Å². The highest BCUT2D eigenvalue weighted by atomic mass is 33.1. The van der Waals surface area contributed by atoms with E-state index in [1.54, 1.807) is 0 Å². The number of rotatable bonds is 8. The quantitative estimate of drug-likeness (QED) is 0.377. The highest BCUT2D eigenvalue weighted by molar-refractivity contribution is 8.70. The molecule has 7 heteroatoms. The van der Waals surface area contributed by atoms with Gasteiger partial charge in [-0.3, -0.25) is 9.69 Å². The van der Waals surface area contributed by atoms with Crippen LogP contribution in [0.1, 0.15) is 30.0 Å². The average molecular weight is 519 g/mol. The van der Waals surface area contributed by atoms with E-state index in [0.717, 1.165) is 44.1 Å². The molecule has 2 aliphatic rings. The van der Waals surface area contributed by atoms with Crippen LogP contribution in [-0.4, -0.2) is 59.9 Å². The number of anilines is 1. The van der Waals surface area contributed by atoms with Crippen molar-refractivity contribution in [2.24, 2.45) is 4.36 Å². The second kappa shape index (κ2) is 12.7. The summed E-state index contributed by atoms with van der Waals surface area (Å²) in [5.41, 5.74) is 4.47. The Bertz CT molecular complexity index is 1120. The van der Waals surface area contributed by atoms with Gasteiger partial charge in [-0.2, -0.15) is 0 Å². The predicted molar refractivity (Wildman–Crippen MR) is 154 cm³/mol. The van der Waals surface area contributed by atoms with E-state index in [4.69, 9.17) is 4.36 Å². The summed E-state index contributed by atoms with van der Waals surface area (Å²) in [5.74, 6) is 2.45. The van der Waals surface area contributed by atoms with Gasteiger partial charge in [-0.1, -0.05) is 77.5 Å².